The van der Waals surface area contributed by atoms with Crippen LogP contribution in [0.25, 0.3) is 16.4 Å². The molecule has 0 unspecified atom stereocenters. The second kappa shape index (κ2) is 5.64. The fourth-order valence-electron chi connectivity index (χ4n) is 1.96. The van der Waals surface area contributed by atoms with Crippen molar-refractivity contribution >= 4 is 17.3 Å². The summed E-state index contributed by atoms with van der Waals surface area (Å²) in [5.41, 5.74) is 1.01. The molecule has 0 aliphatic rings. The molecule has 0 amide bonds. The number of carboxylic acid groups (broad SMARTS) is 1. The molecule has 0 aliphatic carbocycles. The van der Waals surface area contributed by atoms with Gasteiger partial charge in [0.25, 0.3) is 0 Å². The molecule has 0 bridgehead atoms. The second-order valence-electron chi connectivity index (χ2n) is 4.95. The normalized spacial score (nSPS) is 11.0. The highest BCUT2D eigenvalue weighted by Gasteiger charge is 2.23. The lowest BCUT2D eigenvalue weighted by Gasteiger charge is -2.03. The quantitative estimate of drug-likeness (QED) is 0.795. The van der Waals surface area contributed by atoms with Gasteiger partial charge in [0, 0.05) is 11.5 Å². The van der Waals surface area contributed by atoms with Gasteiger partial charge < -0.3 is 5.11 Å². The summed E-state index contributed by atoms with van der Waals surface area (Å²) >= 11 is 1.37. The number of aromatic nitrogens is 5. The Balaban J connectivity index is 2.18. The molecule has 8 heteroatoms. The summed E-state index contributed by atoms with van der Waals surface area (Å²) in [6.45, 7) is 4.04. The largest absolute Gasteiger partial charge is 0.476 e. The van der Waals surface area contributed by atoms with Crippen molar-refractivity contribution in [1.29, 1.82) is 0 Å². The van der Waals surface area contributed by atoms with Crippen molar-refractivity contribution in [2.24, 2.45) is 0 Å². The molecule has 0 spiro atoms. The molecule has 7 nitrogen and oxygen atoms in total. The van der Waals surface area contributed by atoms with E-state index in [1.807, 2.05) is 44.2 Å². The Morgan fingerprint density at radius 1 is 1.18 bits per heavy atom. The van der Waals surface area contributed by atoms with E-state index in [1.165, 1.54) is 16.0 Å². The first-order valence-electron chi connectivity index (χ1n) is 6.66. The lowest BCUT2D eigenvalue weighted by molar-refractivity contribution is 0.0691. The SMILES string of the molecule is CC(C)c1nnc(-n2nnc(C(=O)O)c2-c2ccccc2)s1. The molecule has 22 heavy (non-hydrogen) atoms. The molecule has 0 aliphatic heterocycles. The molecule has 2 aromatic heterocycles. The maximum absolute atomic E-state index is 11.4. The monoisotopic (exact) mass is 315 g/mol. The molecule has 1 N–H and O–H groups in total. The van der Waals surface area contributed by atoms with Crippen molar-refractivity contribution in [1.82, 2.24) is 25.2 Å². The van der Waals surface area contributed by atoms with E-state index in [1.54, 1.807) is 0 Å². The summed E-state index contributed by atoms with van der Waals surface area (Å²) in [4.78, 5) is 11.4. The van der Waals surface area contributed by atoms with Gasteiger partial charge in [-0.1, -0.05) is 60.7 Å². The Hall–Kier alpha value is -2.61. The minimum absolute atomic E-state index is 0.104. The van der Waals surface area contributed by atoms with Crippen LogP contribution in [0.2, 0.25) is 0 Å². The van der Waals surface area contributed by atoms with Crippen LogP contribution in [0.4, 0.5) is 0 Å². The van der Waals surface area contributed by atoms with E-state index < -0.39 is 5.97 Å². The van der Waals surface area contributed by atoms with Crippen LogP contribution in [0.3, 0.4) is 0 Å². The molecule has 0 radical (unpaired) electrons. The topological polar surface area (TPSA) is 93.8 Å². The van der Waals surface area contributed by atoms with Gasteiger partial charge in [0.1, 0.15) is 10.7 Å². The van der Waals surface area contributed by atoms with Crippen molar-refractivity contribution in [2.75, 3.05) is 0 Å². The number of rotatable bonds is 4. The average Bonchev–Trinajstić information content (AvgIpc) is 3.14. The van der Waals surface area contributed by atoms with Gasteiger partial charge >= 0.3 is 5.97 Å². The summed E-state index contributed by atoms with van der Waals surface area (Å²) < 4.78 is 1.43. The first-order valence-corrected chi connectivity index (χ1v) is 7.47. The first-order chi connectivity index (χ1) is 10.6. The predicted molar refractivity (Wildman–Crippen MR) is 81.3 cm³/mol. The minimum atomic E-state index is -1.13. The lowest BCUT2D eigenvalue weighted by atomic mass is 10.1. The van der Waals surface area contributed by atoms with Crippen LogP contribution in [0.1, 0.15) is 35.3 Å². The fourth-order valence-corrected chi connectivity index (χ4v) is 2.76. The van der Waals surface area contributed by atoms with Crippen molar-refractivity contribution in [2.45, 2.75) is 19.8 Å². The van der Waals surface area contributed by atoms with E-state index in [2.05, 4.69) is 20.5 Å². The van der Waals surface area contributed by atoms with Gasteiger partial charge in [-0.3, -0.25) is 0 Å². The minimum Gasteiger partial charge on any atom is -0.476 e. The predicted octanol–water partition coefficient (Wildman–Crippen LogP) is 2.61. The highest BCUT2D eigenvalue weighted by atomic mass is 32.1. The molecule has 3 aromatic rings. The average molecular weight is 315 g/mol. The van der Waals surface area contributed by atoms with E-state index >= 15 is 0 Å². The van der Waals surface area contributed by atoms with Crippen LogP contribution >= 0.6 is 11.3 Å². The zero-order valence-electron chi connectivity index (χ0n) is 12.0. The van der Waals surface area contributed by atoms with E-state index in [9.17, 15) is 9.90 Å². The molecule has 3 rings (SSSR count). The highest BCUT2D eigenvalue weighted by molar-refractivity contribution is 7.13. The van der Waals surface area contributed by atoms with E-state index in [4.69, 9.17) is 0 Å². The van der Waals surface area contributed by atoms with Gasteiger partial charge in [-0.25, -0.2) is 4.79 Å². The number of carbonyl (C=O) groups is 1. The Labute approximate surface area is 130 Å². The van der Waals surface area contributed by atoms with Gasteiger partial charge in [-0.15, -0.1) is 15.3 Å². The standard InChI is InChI=1S/C14H13N5O2S/c1-8(2)12-16-17-14(22-12)19-11(9-6-4-3-5-7-9)10(13(20)21)15-18-19/h3-8H,1-2H3,(H,20,21). The summed E-state index contributed by atoms with van der Waals surface area (Å²) in [5, 5.41) is 26.6. The summed E-state index contributed by atoms with van der Waals surface area (Å²) in [6, 6.07) is 9.15. The first kappa shape index (κ1) is 14.3. The third kappa shape index (κ3) is 2.48. The molecule has 2 heterocycles. The molecule has 0 atom stereocenters. The van der Waals surface area contributed by atoms with Gasteiger partial charge in [0.05, 0.1) is 0 Å². The molecule has 0 fully saturated rings. The number of carboxylic acids is 1. The maximum Gasteiger partial charge on any atom is 0.358 e. The summed E-state index contributed by atoms with van der Waals surface area (Å²) in [5.74, 6) is -0.882. The summed E-state index contributed by atoms with van der Waals surface area (Å²) in [7, 11) is 0. The fraction of sp³-hybridized carbons (Fsp3) is 0.214. The number of aromatic carboxylic acids is 1. The van der Waals surface area contributed by atoms with Crippen LogP contribution < -0.4 is 0 Å². The molecule has 0 saturated heterocycles. The maximum atomic E-state index is 11.4. The van der Waals surface area contributed by atoms with Crippen molar-refractivity contribution in [3.63, 3.8) is 0 Å². The summed E-state index contributed by atoms with van der Waals surface area (Å²) in [6.07, 6.45) is 0. The molecule has 1 aromatic carbocycles. The highest BCUT2D eigenvalue weighted by Crippen LogP contribution is 2.28. The number of benzene rings is 1. The van der Waals surface area contributed by atoms with Crippen LogP contribution in [0.5, 0.6) is 0 Å². The van der Waals surface area contributed by atoms with Crippen LogP contribution in [0, 0.1) is 0 Å². The van der Waals surface area contributed by atoms with Gasteiger partial charge in [-0.05, 0) is 0 Å². The molecule has 112 valence electrons. The van der Waals surface area contributed by atoms with Crippen molar-refractivity contribution < 1.29 is 9.90 Å². The number of hydrogen-bond donors (Lipinski definition) is 1. The Morgan fingerprint density at radius 2 is 1.91 bits per heavy atom. The van der Waals surface area contributed by atoms with Crippen molar-refractivity contribution in [3.8, 4) is 16.4 Å². The Bertz CT molecular complexity index is 810. The van der Waals surface area contributed by atoms with E-state index in [0.29, 0.717) is 16.4 Å². The number of hydrogen-bond acceptors (Lipinski definition) is 6. The second-order valence-corrected chi connectivity index (χ2v) is 5.93. The molecular weight excluding hydrogens is 302 g/mol. The van der Waals surface area contributed by atoms with E-state index in [0.717, 1.165) is 5.01 Å². The van der Waals surface area contributed by atoms with Crippen LogP contribution in [-0.2, 0) is 0 Å². The van der Waals surface area contributed by atoms with Gasteiger partial charge in [0.15, 0.2) is 5.69 Å². The van der Waals surface area contributed by atoms with Crippen LogP contribution in [-0.4, -0.2) is 36.3 Å². The third-order valence-corrected chi connectivity index (χ3v) is 4.22. The molecular formula is C14H13N5O2S. The third-order valence-electron chi connectivity index (χ3n) is 3.03. The Kier molecular flexibility index (Phi) is 3.68. The lowest BCUT2D eigenvalue weighted by Crippen LogP contribution is -2.03. The molecule has 0 saturated carbocycles. The number of nitrogens with zero attached hydrogens (tertiary/aromatic N) is 5. The Morgan fingerprint density at radius 3 is 2.50 bits per heavy atom. The van der Waals surface area contributed by atoms with Gasteiger partial charge in [0.2, 0.25) is 5.13 Å². The smallest absolute Gasteiger partial charge is 0.358 e. The van der Waals surface area contributed by atoms with Crippen molar-refractivity contribution in [3.05, 3.63) is 41.0 Å². The zero-order valence-corrected chi connectivity index (χ0v) is 12.8. The van der Waals surface area contributed by atoms with Gasteiger partial charge in [-0.2, -0.15) is 4.68 Å². The van der Waals surface area contributed by atoms with Crippen LogP contribution in [0.15, 0.2) is 30.3 Å². The zero-order chi connectivity index (χ0) is 15.7. The van der Waals surface area contributed by atoms with E-state index in [-0.39, 0.29) is 11.6 Å².